The fourth-order valence-corrected chi connectivity index (χ4v) is 2.26. The molecular formula is C18H26N4O2. The second-order valence-corrected chi connectivity index (χ2v) is 5.48. The van der Waals surface area contributed by atoms with Crippen LogP contribution < -0.4 is 10.6 Å². The molecule has 0 aliphatic heterocycles. The first-order valence-corrected chi connectivity index (χ1v) is 8.42. The Morgan fingerprint density at radius 2 is 2.04 bits per heavy atom. The topological polar surface area (TPSA) is 82.7 Å². The largest absolute Gasteiger partial charge is 0.388 e. The molecule has 0 fully saturated rings. The van der Waals surface area contributed by atoms with Crippen molar-refractivity contribution in [1.82, 2.24) is 15.8 Å². The van der Waals surface area contributed by atoms with E-state index in [4.69, 9.17) is 4.52 Å². The van der Waals surface area contributed by atoms with E-state index in [0.29, 0.717) is 25.5 Å². The molecule has 3 N–H and O–H groups in total. The van der Waals surface area contributed by atoms with Gasteiger partial charge in [-0.3, -0.25) is 0 Å². The molecule has 0 spiro atoms. The minimum absolute atomic E-state index is 0.434. The van der Waals surface area contributed by atoms with Gasteiger partial charge < -0.3 is 20.3 Å². The third-order valence-electron chi connectivity index (χ3n) is 3.60. The van der Waals surface area contributed by atoms with Crippen molar-refractivity contribution in [2.24, 2.45) is 4.99 Å². The summed E-state index contributed by atoms with van der Waals surface area (Å²) in [6.45, 7) is 5.87. The maximum atomic E-state index is 10.2. The van der Waals surface area contributed by atoms with Gasteiger partial charge in [0.15, 0.2) is 11.7 Å². The van der Waals surface area contributed by atoms with Crippen molar-refractivity contribution in [3.63, 3.8) is 0 Å². The van der Waals surface area contributed by atoms with Crippen LogP contribution in [-0.2, 0) is 13.0 Å². The lowest BCUT2D eigenvalue weighted by molar-refractivity contribution is 0.168. The first-order valence-electron chi connectivity index (χ1n) is 8.42. The van der Waals surface area contributed by atoms with Crippen LogP contribution in [0.3, 0.4) is 0 Å². The minimum atomic E-state index is -0.483. The van der Waals surface area contributed by atoms with E-state index in [1.165, 1.54) is 0 Å². The Hall–Kier alpha value is -2.34. The van der Waals surface area contributed by atoms with Crippen LogP contribution in [0, 0.1) is 0 Å². The summed E-state index contributed by atoms with van der Waals surface area (Å²) in [5.74, 6) is 1.44. The Bertz CT molecular complexity index is 625. The van der Waals surface area contributed by atoms with Gasteiger partial charge in [0.2, 0.25) is 0 Å². The monoisotopic (exact) mass is 330 g/mol. The van der Waals surface area contributed by atoms with Gasteiger partial charge in [-0.2, -0.15) is 0 Å². The molecule has 1 unspecified atom stereocenters. The van der Waals surface area contributed by atoms with E-state index < -0.39 is 6.10 Å². The van der Waals surface area contributed by atoms with Gasteiger partial charge >= 0.3 is 0 Å². The van der Waals surface area contributed by atoms with Crippen molar-refractivity contribution in [2.75, 3.05) is 13.1 Å². The third kappa shape index (κ3) is 5.70. The van der Waals surface area contributed by atoms with Crippen molar-refractivity contribution in [3.05, 3.63) is 53.4 Å². The second kappa shape index (κ2) is 9.72. The van der Waals surface area contributed by atoms with Crippen LogP contribution in [-0.4, -0.2) is 29.3 Å². The summed E-state index contributed by atoms with van der Waals surface area (Å²) in [6, 6.07) is 11.6. The van der Waals surface area contributed by atoms with Gasteiger partial charge in [-0.25, -0.2) is 4.99 Å². The van der Waals surface area contributed by atoms with Gasteiger partial charge in [-0.05, 0) is 25.3 Å². The van der Waals surface area contributed by atoms with Crippen LogP contribution in [0.2, 0.25) is 0 Å². The number of rotatable bonds is 8. The van der Waals surface area contributed by atoms with E-state index in [1.54, 1.807) is 0 Å². The summed E-state index contributed by atoms with van der Waals surface area (Å²) in [5.41, 5.74) is 1.86. The molecule has 1 aromatic heterocycles. The molecule has 2 rings (SSSR count). The minimum Gasteiger partial charge on any atom is -0.388 e. The summed E-state index contributed by atoms with van der Waals surface area (Å²) < 4.78 is 5.23. The summed E-state index contributed by atoms with van der Waals surface area (Å²) in [5, 5.41) is 20.5. The summed E-state index contributed by atoms with van der Waals surface area (Å²) in [6.07, 6.45) is 0.975. The van der Waals surface area contributed by atoms with E-state index in [0.717, 1.165) is 30.0 Å². The molecule has 0 aliphatic carbocycles. The quantitative estimate of drug-likeness (QED) is 0.511. The number of aryl methyl sites for hydroxylation is 1. The molecule has 130 valence electrons. The zero-order valence-corrected chi connectivity index (χ0v) is 14.3. The number of hydrogen-bond donors (Lipinski definition) is 3. The van der Waals surface area contributed by atoms with E-state index in [1.807, 2.05) is 50.2 Å². The van der Waals surface area contributed by atoms with Crippen molar-refractivity contribution in [1.29, 1.82) is 0 Å². The number of nitrogens with one attached hydrogen (secondary N) is 2. The maximum Gasteiger partial charge on any atom is 0.191 e. The highest BCUT2D eigenvalue weighted by molar-refractivity contribution is 5.79. The summed E-state index contributed by atoms with van der Waals surface area (Å²) >= 11 is 0. The fourth-order valence-electron chi connectivity index (χ4n) is 2.26. The molecule has 0 saturated heterocycles. The number of aliphatic hydroxyl groups is 1. The van der Waals surface area contributed by atoms with Gasteiger partial charge in [0.05, 0.1) is 11.8 Å². The van der Waals surface area contributed by atoms with Crippen molar-refractivity contribution >= 4 is 5.96 Å². The predicted molar refractivity (Wildman–Crippen MR) is 94.7 cm³/mol. The molecule has 1 aromatic carbocycles. The molecule has 0 bridgehead atoms. The molecule has 24 heavy (non-hydrogen) atoms. The van der Waals surface area contributed by atoms with Crippen molar-refractivity contribution < 1.29 is 9.63 Å². The van der Waals surface area contributed by atoms with Crippen LogP contribution in [0.5, 0.6) is 0 Å². The van der Waals surface area contributed by atoms with Crippen LogP contribution in [0.1, 0.15) is 43.4 Å². The third-order valence-corrected chi connectivity index (χ3v) is 3.60. The Morgan fingerprint density at radius 1 is 1.25 bits per heavy atom. The second-order valence-electron chi connectivity index (χ2n) is 5.48. The van der Waals surface area contributed by atoms with Crippen LogP contribution in [0.25, 0.3) is 0 Å². The lowest BCUT2D eigenvalue weighted by Gasteiger charge is -2.14. The van der Waals surface area contributed by atoms with E-state index in [2.05, 4.69) is 20.8 Å². The average molecular weight is 330 g/mol. The van der Waals surface area contributed by atoms with Crippen LogP contribution in [0.15, 0.2) is 45.9 Å². The Morgan fingerprint density at radius 3 is 2.71 bits per heavy atom. The first-order chi connectivity index (χ1) is 11.7. The fraction of sp³-hybridized carbons (Fsp3) is 0.444. The molecule has 6 heteroatoms. The highest BCUT2D eigenvalue weighted by Crippen LogP contribution is 2.14. The van der Waals surface area contributed by atoms with Crippen molar-refractivity contribution in [2.45, 2.75) is 39.3 Å². The number of guanidine groups is 1. The van der Waals surface area contributed by atoms with Crippen LogP contribution in [0.4, 0.5) is 0 Å². The zero-order chi connectivity index (χ0) is 17.2. The molecule has 6 nitrogen and oxygen atoms in total. The molecule has 0 radical (unpaired) electrons. The highest BCUT2D eigenvalue weighted by atomic mass is 16.5. The lowest BCUT2D eigenvalue weighted by Crippen LogP contribution is -2.38. The zero-order valence-electron chi connectivity index (χ0n) is 14.3. The average Bonchev–Trinajstić information content (AvgIpc) is 3.08. The number of aromatic nitrogens is 1. The summed E-state index contributed by atoms with van der Waals surface area (Å²) in [4.78, 5) is 4.48. The van der Waals surface area contributed by atoms with Gasteiger partial charge in [0.25, 0.3) is 0 Å². The van der Waals surface area contributed by atoms with Gasteiger partial charge in [0, 0.05) is 19.2 Å². The molecule has 2 aromatic rings. The first kappa shape index (κ1) is 18.0. The normalized spacial score (nSPS) is 12.9. The van der Waals surface area contributed by atoms with Gasteiger partial charge in [-0.1, -0.05) is 42.4 Å². The number of aliphatic hydroxyl groups excluding tert-OH is 1. The number of hydrogen-bond acceptors (Lipinski definition) is 4. The lowest BCUT2D eigenvalue weighted by atomic mass is 10.1. The molecule has 0 saturated carbocycles. The summed E-state index contributed by atoms with van der Waals surface area (Å²) in [7, 11) is 0. The predicted octanol–water partition coefficient (Wildman–Crippen LogP) is 2.42. The maximum absolute atomic E-state index is 10.2. The number of aliphatic imine (C=N–C) groups is 1. The molecule has 0 aliphatic rings. The molecule has 1 heterocycles. The van der Waals surface area contributed by atoms with Crippen molar-refractivity contribution in [3.8, 4) is 0 Å². The SMILES string of the molecule is CCNC(=NCc1cc(CC)no1)NCCC(O)c1ccccc1. The van der Waals surface area contributed by atoms with E-state index in [-0.39, 0.29) is 0 Å². The number of nitrogens with zero attached hydrogens (tertiary/aromatic N) is 2. The standard InChI is InChI=1S/C18H26N4O2/c1-3-15-12-16(24-22-15)13-21-18(19-4-2)20-11-10-17(23)14-8-6-5-7-9-14/h5-9,12,17,23H,3-4,10-11,13H2,1-2H3,(H2,19,20,21). The Labute approximate surface area is 143 Å². The molecule has 0 amide bonds. The van der Waals surface area contributed by atoms with Gasteiger partial charge in [0.1, 0.15) is 6.54 Å². The number of benzene rings is 1. The van der Waals surface area contributed by atoms with Crippen LogP contribution >= 0.6 is 0 Å². The van der Waals surface area contributed by atoms with E-state index in [9.17, 15) is 5.11 Å². The molecular weight excluding hydrogens is 304 g/mol. The Kier molecular flexibility index (Phi) is 7.29. The smallest absolute Gasteiger partial charge is 0.191 e. The van der Waals surface area contributed by atoms with E-state index >= 15 is 0 Å². The molecule has 1 atom stereocenters. The highest BCUT2D eigenvalue weighted by Gasteiger charge is 2.07. The Balaban J connectivity index is 1.83. The van der Waals surface area contributed by atoms with Gasteiger partial charge in [-0.15, -0.1) is 0 Å².